The van der Waals surface area contributed by atoms with Gasteiger partial charge in [-0.15, -0.1) is 0 Å². The third kappa shape index (κ3) is 3.22. The average molecular weight is 420 g/mol. The van der Waals surface area contributed by atoms with Crippen LogP contribution in [-0.4, -0.2) is 4.57 Å². The lowest BCUT2D eigenvalue weighted by Crippen LogP contribution is -2.30. The topological polar surface area (TPSA) is 8.81 Å². The van der Waals surface area contributed by atoms with Gasteiger partial charge < -0.3 is 0 Å². The predicted molar refractivity (Wildman–Crippen MR) is 136 cm³/mol. The first kappa shape index (κ1) is 20.5. The zero-order chi connectivity index (χ0) is 22.6. The molecule has 0 saturated heterocycles. The Morgan fingerprint density at radius 2 is 1.53 bits per heavy atom. The lowest BCUT2D eigenvalue weighted by Gasteiger charge is -2.20. The molecular weight excluding hydrogens is 388 g/mol. The van der Waals surface area contributed by atoms with E-state index in [1.54, 1.807) is 0 Å². The lowest BCUT2D eigenvalue weighted by molar-refractivity contribution is -0.633. The van der Waals surface area contributed by atoms with Gasteiger partial charge in [0.1, 0.15) is 5.69 Å². The van der Waals surface area contributed by atoms with Gasteiger partial charge in [-0.25, -0.2) is 4.57 Å². The molecule has 2 nitrogen and oxygen atoms in total. The molecule has 0 amide bonds. The van der Waals surface area contributed by atoms with E-state index in [2.05, 4.69) is 130 Å². The molecule has 0 fully saturated rings. The van der Waals surface area contributed by atoms with Crippen molar-refractivity contribution in [3.8, 4) is 17.1 Å². The van der Waals surface area contributed by atoms with Crippen molar-refractivity contribution in [1.82, 2.24) is 4.57 Å². The van der Waals surface area contributed by atoms with Gasteiger partial charge in [0.15, 0.2) is 11.0 Å². The maximum atomic E-state index is 2.46. The van der Waals surface area contributed by atoms with Gasteiger partial charge in [-0.3, -0.25) is 0 Å². The second-order valence-electron chi connectivity index (χ2n) is 9.99. The second kappa shape index (κ2) is 7.34. The Balaban J connectivity index is 1.95. The van der Waals surface area contributed by atoms with Crippen LogP contribution in [0.25, 0.3) is 38.9 Å². The van der Waals surface area contributed by atoms with Crippen LogP contribution >= 0.6 is 0 Å². The van der Waals surface area contributed by atoms with E-state index in [1.165, 1.54) is 55.6 Å². The first-order valence-electron chi connectivity index (χ1n) is 11.4. The molecule has 32 heavy (non-hydrogen) atoms. The predicted octanol–water partition coefficient (Wildman–Crippen LogP) is 7.19. The fourth-order valence-corrected chi connectivity index (χ4v) is 4.75. The Bertz CT molecular complexity index is 1470. The van der Waals surface area contributed by atoms with E-state index in [-0.39, 0.29) is 5.41 Å². The summed E-state index contributed by atoms with van der Waals surface area (Å²) in [5, 5.41) is 2.52. The maximum absolute atomic E-state index is 2.46. The number of hydrogen-bond donors (Lipinski definition) is 0. The molecule has 0 saturated carbocycles. The fourth-order valence-electron chi connectivity index (χ4n) is 4.75. The molecule has 0 aliphatic carbocycles. The molecule has 0 unspecified atom stereocenters. The number of nitrogens with zero attached hydrogens (tertiary/aromatic N) is 2. The van der Waals surface area contributed by atoms with E-state index in [9.17, 15) is 0 Å². The quantitative estimate of drug-likeness (QED) is 0.268. The van der Waals surface area contributed by atoms with Crippen molar-refractivity contribution < 1.29 is 4.57 Å². The van der Waals surface area contributed by atoms with E-state index in [4.69, 9.17) is 0 Å². The lowest BCUT2D eigenvalue weighted by atomic mass is 9.85. The summed E-state index contributed by atoms with van der Waals surface area (Å²) < 4.78 is 4.81. The van der Waals surface area contributed by atoms with E-state index in [0.29, 0.717) is 0 Å². The first-order valence-corrected chi connectivity index (χ1v) is 11.4. The van der Waals surface area contributed by atoms with Gasteiger partial charge in [-0.1, -0.05) is 75.4 Å². The molecule has 5 aromatic rings. The Morgan fingerprint density at radius 1 is 0.781 bits per heavy atom. The molecule has 5 rings (SSSR count). The summed E-state index contributed by atoms with van der Waals surface area (Å²) in [7, 11) is 2.19. The third-order valence-electron chi connectivity index (χ3n) is 6.61. The van der Waals surface area contributed by atoms with Crippen LogP contribution in [0, 0.1) is 13.8 Å². The summed E-state index contributed by atoms with van der Waals surface area (Å²) in [6.07, 6.45) is 0. The van der Waals surface area contributed by atoms with Gasteiger partial charge >= 0.3 is 0 Å². The van der Waals surface area contributed by atoms with Gasteiger partial charge in [-0.2, -0.15) is 4.57 Å². The molecule has 1 aromatic heterocycles. The van der Waals surface area contributed by atoms with Gasteiger partial charge in [0.25, 0.3) is 5.82 Å². The Kier molecular flexibility index (Phi) is 4.70. The summed E-state index contributed by atoms with van der Waals surface area (Å²) in [4.78, 5) is 0. The summed E-state index contributed by atoms with van der Waals surface area (Å²) in [5.41, 5.74) is 8.96. The highest BCUT2D eigenvalue weighted by Gasteiger charge is 2.29. The van der Waals surface area contributed by atoms with Crippen molar-refractivity contribution in [2.45, 2.75) is 40.0 Å². The Labute approximate surface area is 190 Å². The number of hydrogen-bond acceptors (Lipinski definition) is 0. The van der Waals surface area contributed by atoms with Crippen LogP contribution < -0.4 is 4.57 Å². The maximum Gasteiger partial charge on any atom is 0.295 e. The fraction of sp³-hybridized carbons (Fsp3) is 0.233. The van der Waals surface area contributed by atoms with Crippen LogP contribution in [0.5, 0.6) is 0 Å². The highest BCUT2D eigenvalue weighted by Crippen LogP contribution is 2.35. The number of fused-ring (bicyclic) bond motifs is 2. The van der Waals surface area contributed by atoms with E-state index < -0.39 is 0 Å². The van der Waals surface area contributed by atoms with Crippen molar-refractivity contribution >= 4 is 21.8 Å². The molecule has 0 spiro atoms. The van der Waals surface area contributed by atoms with Crippen molar-refractivity contribution in [1.29, 1.82) is 0 Å². The minimum Gasteiger partial charge on any atom is -0.225 e. The smallest absolute Gasteiger partial charge is 0.225 e. The minimum absolute atomic E-state index is 0.0912. The summed E-state index contributed by atoms with van der Waals surface area (Å²) in [5.74, 6) is 1.21. The molecule has 0 aliphatic heterocycles. The number of aryl methyl sites for hydroxylation is 3. The molecule has 0 aliphatic rings. The van der Waals surface area contributed by atoms with E-state index in [1.807, 2.05) is 0 Å². The monoisotopic (exact) mass is 419 g/mol. The number of rotatable bonds is 2. The van der Waals surface area contributed by atoms with Crippen LogP contribution in [0.15, 0.2) is 78.9 Å². The normalized spacial score (nSPS) is 12.1. The summed E-state index contributed by atoms with van der Waals surface area (Å²) in [6.45, 7) is 11.2. The summed E-state index contributed by atoms with van der Waals surface area (Å²) >= 11 is 0. The number of benzene rings is 4. The molecule has 4 aromatic carbocycles. The Hall–Kier alpha value is -3.39. The highest BCUT2D eigenvalue weighted by molar-refractivity contribution is 5.93. The molecule has 1 heterocycles. The van der Waals surface area contributed by atoms with E-state index >= 15 is 0 Å². The van der Waals surface area contributed by atoms with Crippen LogP contribution in [0.4, 0.5) is 0 Å². The highest BCUT2D eigenvalue weighted by atomic mass is 15.2. The van der Waals surface area contributed by atoms with Crippen LogP contribution in [0.1, 0.15) is 37.5 Å². The van der Waals surface area contributed by atoms with Gasteiger partial charge in [-0.05, 0) is 65.6 Å². The molecule has 0 N–H and O–H groups in total. The summed E-state index contributed by atoms with van der Waals surface area (Å²) in [6, 6.07) is 29.0. The van der Waals surface area contributed by atoms with E-state index in [0.717, 1.165) is 0 Å². The van der Waals surface area contributed by atoms with Crippen LogP contribution in [-0.2, 0) is 12.5 Å². The average Bonchev–Trinajstić information content (AvgIpc) is 3.04. The first-order chi connectivity index (χ1) is 15.3. The van der Waals surface area contributed by atoms with Crippen molar-refractivity contribution in [3.05, 3.63) is 95.6 Å². The van der Waals surface area contributed by atoms with Gasteiger partial charge in [0.2, 0.25) is 0 Å². The second-order valence-corrected chi connectivity index (χ2v) is 9.99. The SMILES string of the molecule is Cc1ccc2c(c1)n(-c1cccc3ccccc13)c(-c1cc(C(C)(C)C)ccc1C)[n+]2C. The molecule has 0 radical (unpaired) electrons. The van der Waals surface area contributed by atoms with Crippen LogP contribution in [0.2, 0.25) is 0 Å². The van der Waals surface area contributed by atoms with Crippen LogP contribution in [0.3, 0.4) is 0 Å². The molecule has 0 atom stereocenters. The molecular formula is C30H31N2+. The van der Waals surface area contributed by atoms with Crippen molar-refractivity contribution in [2.75, 3.05) is 0 Å². The number of imidazole rings is 1. The third-order valence-corrected chi connectivity index (χ3v) is 6.61. The zero-order valence-electron chi connectivity index (χ0n) is 19.9. The molecule has 160 valence electrons. The minimum atomic E-state index is 0.0912. The van der Waals surface area contributed by atoms with Gasteiger partial charge in [0, 0.05) is 5.39 Å². The molecule has 2 heteroatoms. The Morgan fingerprint density at radius 3 is 2.31 bits per heavy atom. The zero-order valence-corrected chi connectivity index (χ0v) is 19.9. The van der Waals surface area contributed by atoms with Crippen molar-refractivity contribution in [2.24, 2.45) is 7.05 Å². The van der Waals surface area contributed by atoms with Gasteiger partial charge in [0.05, 0.1) is 12.6 Å². The molecule has 0 bridgehead atoms. The van der Waals surface area contributed by atoms with Crippen molar-refractivity contribution in [3.63, 3.8) is 0 Å². The number of aromatic nitrogens is 2. The largest absolute Gasteiger partial charge is 0.295 e. The standard InChI is InChI=1S/C30H31N2/c1-20-14-17-27-28(18-20)32(26-13-9-11-22-10-7-8-12-24(22)26)29(31(27)6)25-19-23(30(3,4)5)16-15-21(25)2/h7-19H,1-6H3/q+1.